The van der Waals surface area contributed by atoms with Crippen molar-refractivity contribution in [3.05, 3.63) is 18.0 Å². The van der Waals surface area contributed by atoms with Gasteiger partial charge in [-0.15, -0.1) is 0 Å². The van der Waals surface area contributed by atoms with Gasteiger partial charge in [-0.25, -0.2) is 0 Å². The second-order valence-electron chi connectivity index (χ2n) is 5.93. The van der Waals surface area contributed by atoms with Crippen molar-refractivity contribution in [2.75, 3.05) is 26.2 Å². The van der Waals surface area contributed by atoms with Gasteiger partial charge in [-0.3, -0.25) is 14.4 Å². The Labute approximate surface area is 125 Å². The van der Waals surface area contributed by atoms with Crippen LogP contribution in [0.5, 0.6) is 0 Å². The van der Waals surface area contributed by atoms with E-state index < -0.39 is 0 Å². The van der Waals surface area contributed by atoms with Crippen LogP contribution in [0, 0.1) is 5.92 Å². The molecule has 0 spiro atoms. The third-order valence-electron chi connectivity index (χ3n) is 4.66. The molecule has 1 unspecified atom stereocenters. The molecule has 6 heteroatoms. The number of hydrogen-bond acceptors (Lipinski definition) is 4. The van der Waals surface area contributed by atoms with E-state index >= 15 is 0 Å². The Morgan fingerprint density at radius 1 is 1.52 bits per heavy atom. The van der Waals surface area contributed by atoms with Gasteiger partial charge in [0, 0.05) is 45.4 Å². The fourth-order valence-corrected chi connectivity index (χ4v) is 3.54. The Morgan fingerprint density at radius 3 is 3.10 bits per heavy atom. The highest BCUT2D eigenvalue weighted by Crippen LogP contribution is 2.35. The van der Waals surface area contributed by atoms with Crippen molar-refractivity contribution in [3.63, 3.8) is 0 Å². The summed E-state index contributed by atoms with van der Waals surface area (Å²) in [6.45, 7) is 5.46. The van der Waals surface area contributed by atoms with Crippen LogP contribution in [0.3, 0.4) is 0 Å². The molecule has 2 fully saturated rings. The molecule has 1 N–H and O–H groups in total. The van der Waals surface area contributed by atoms with Crippen LogP contribution in [0.15, 0.2) is 12.3 Å². The van der Waals surface area contributed by atoms with E-state index in [1.165, 1.54) is 0 Å². The molecular weight excluding hydrogens is 268 g/mol. The van der Waals surface area contributed by atoms with Gasteiger partial charge in [0.1, 0.15) is 6.10 Å². The number of amides is 1. The van der Waals surface area contributed by atoms with Crippen LogP contribution >= 0.6 is 0 Å². The lowest BCUT2D eigenvalue weighted by Gasteiger charge is -2.36. The van der Waals surface area contributed by atoms with Crippen LogP contribution in [-0.2, 0) is 16.6 Å². The smallest absolute Gasteiger partial charge is 0.237 e. The maximum absolute atomic E-state index is 12.0. The standard InChI is InChI=1S/C15H24N4O2/c1-3-12-15(20)16-7-8-19(12)10-11-5-9-21-14(11)13-4-6-17-18(13)2/h4,6,11-12,14H,3,5,7-10H2,1-2H3,(H,16,20)/t11-,12?,14+/m0/s1. The van der Waals surface area contributed by atoms with E-state index in [-0.39, 0.29) is 18.1 Å². The monoisotopic (exact) mass is 292 g/mol. The highest BCUT2D eigenvalue weighted by Gasteiger charge is 2.36. The number of ether oxygens (including phenoxy) is 1. The molecule has 1 aromatic rings. The van der Waals surface area contributed by atoms with Crippen LogP contribution in [-0.4, -0.2) is 52.9 Å². The van der Waals surface area contributed by atoms with Crippen molar-refractivity contribution in [2.45, 2.75) is 31.9 Å². The molecule has 3 atom stereocenters. The maximum atomic E-state index is 12.0. The molecule has 116 valence electrons. The average Bonchev–Trinajstić information content (AvgIpc) is 3.07. The first kappa shape index (κ1) is 14.5. The first-order valence-electron chi connectivity index (χ1n) is 7.82. The second-order valence-corrected chi connectivity index (χ2v) is 5.93. The van der Waals surface area contributed by atoms with Crippen LogP contribution in [0.4, 0.5) is 0 Å². The van der Waals surface area contributed by atoms with Crippen LogP contribution in [0.25, 0.3) is 0 Å². The minimum atomic E-state index is 0.00605. The van der Waals surface area contributed by atoms with Crippen molar-refractivity contribution in [1.29, 1.82) is 0 Å². The van der Waals surface area contributed by atoms with Gasteiger partial charge < -0.3 is 10.1 Å². The summed E-state index contributed by atoms with van der Waals surface area (Å²) in [6.07, 6.45) is 3.82. The van der Waals surface area contributed by atoms with Gasteiger partial charge in [-0.2, -0.15) is 5.10 Å². The highest BCUT2D eigenvalue weighted by atomic mass is 16.5. The van der Waals surface area contributed by atoms with Crippen molar-refractivity contribution in [3.8, 4) is 0 Å². The van der Waals surface area contributed by atoms with Crippen LogP contribution in [0.1, 0.15) is 31.6 Å². The molecule has 21 heavy (non-hydrogen) atoms. The minimum absolute atomic E-state index is 0.00605. The first-order chi connectivity index (χ1) is 10.2. The normalized spacial score (nSPS) is 30.6. The van der Waals surface area contributed by atoms with E-state index in [4.69, 9.17) is 4.74 Å². The molecule has 3 heterocycles. The minimum Gasteiger partial charge on any atom is -0.372 e. The van der Waals surface area contributed by atoms with Gasteiger partial charge in [-0.05, 0) is 18.9 Å². The number of nitrogens with one attached hydrogen (secondary N) is 1. The highest BCUT2D eigenvalue weighted by molar-refractivity contribution is 5.82. The number of piperazine rings is 1. The predicted molar refractivity (Wildman–Crippen MR) is 78.7 cm³/mol. The molecular formula is C15H24N4O2. The molecule has 3 rings (SSSR count). The van der Waals surface area contributed by atoms with Crippen molar-refractivity contribution in [2.24, 2.45) is 13.0 Å². The average molecular weight is 292 g/mol. The van der Waals surface area contributed by atoms with E-state index in [2.05, 4.69) is 22.2 Å². The summed E-state index contributed by atoms with van der Waals surface area (Å²) >= 11 is 0. The summed E-state index contributed by atoms with van der Waals surface area (Å²) in [5, 5.41) is 7.20. The third kappa shape index (κ3) is 2.82. The number of hydrogen-bond donors (Lipinski definition) is 1. The Kier molecular flexibility index (Phi) is 4.26. The van der Waals surface area contributed by atoms with Gasteiger partial charge in [0.05, 0.1) is 11.7 Å². The van der Waals surface area contributed by atoms with E-state index in [0.717, 1.165) is 44.8 Å². The number of nitrogens with zero attached hydrogens (tertiary/aromatic N) is 3. The fourth-order valence-electron chi connectivity index (χ4n) is 3.54. The maximum Gasteiger partial charge on any atom is 0.237 e. The van der Waals surface area contributed by atoms with Gasteiger partial charge in [0.25, 0.3) is 0 Å². The first-order valence-corrected chi connectivity index (χ1v) is 7.82. The zero-order valence-electron chi connectivity index (χ0n) is 12.8. The molecule has 6 nitrogen and oxygen atoms in total. The van der Waals surface area contributed by atoms with E-state index in [1.54, 1.807) is 0 Å². The van der Waals surface area contributed by atoms with Crippen molar-refractivity contribution < 1.29 is 9.53 Å². The Bertz CT molecular complexity index is 502. The lowest BCUT2D eigenvalue weighted by Crippen LogP contribution is -2.56. The van der Waals surface area contributed by atoms with E-state index in [0.29, 0.717) is 5.92 Å². The quantitative estimate of drug-likeness (QED) is 0.888. The zero-order chi connectivity index (χ0) is 14.8. The Balaban J connectivity index is 1.71. The second kappa shape index (κ2) is 6.15. The molecule has 0 bridgehead atoms. The summed E-state index contributed by atoms with van der Waals surface area (Å²) in [5.74, 6) is 0.597. The third-order valence-corrected chi connectivity index (χ3v) is 4.66. The summed E-state index contributed by atoms with van der Waals surface area (Å²) in [6, 6.07) is 2.04. The molecule has 1 aromatic heterocycles. The van der Waals surface area contributed by atoms with Crippen LogP contribution in [0.2, 0.25) is 0 Å². The van der Waals surface area contributed by atoms with Crippen LogP contribution < -0.4 is 5.32 Å². The molecule has 0 radical (unpaired) electrons. The molecule has 2 aliphatic heterocycles. The molecule has 0 aromatic carbocycles. The molecule has 0 saturated carbocycles. The number of carbonyl (C=O) groups is 1. The van der Waals surface area contributed by atoms with Gasteiger partial charge >= 0.3 is 0 Å². The number of rotatable bonds is 4. The number of aryl methyl sites for hydroxylation is 1. The van der Waals surface area contributed by atoms with E-state index in [9.17, 15) is 4.79 Å². The molecule has 2 saturated heterocycles. The lowest BCUT2D eigenvalue weighted by atomic mass is 9.96. The summed E-state index contributed by atoms with van der Waals surface area (Å²) < 4.78 is 7.83. The van der Waals surface area contributed by atoms with Crippen molar-refractivity contribution >= 4 is 5.91 Å². The van der Waals surface area contributed by atoms with Crippen molar-refractivity contribution in [1.82, 2.24) is 20.0 Å². The molecule has 1 amide bonds. The predicted octanol–water partition coefficient (Wildman–Crippen LogP) is 0.708. The van der Waals surface area contributed by atoms with Gasteiger partial charge in [-0.1, -0.05) is 6.92 Å². The largest absolute Gasteiger partial charge is 0.372 e. The van der Waals surface area contributed by atoms with Gasteiger partial charge in [0.2, 0.25) is 5.91 Å². The Morgan fingerprint density at radius 2 is 2.38 bits per heavy atom. The molecule has 0 aliphatic carbocycles. The lowest BCUT2D eigenvalue weighted by molar-refractivity contribution is -0.129. The Hall–Kier alpha value is -1.40. The fraction of sp³-hybridized carbons (Fsp3) is 0.733. The van der Waals surface area contributed by atoms with Gasteiger partial charge in [0.15, 0.2) is 0 Å². The van der Waals surface area contributed by atoms with E-state index in [1.807, 2.05) is 24.0 Å². The zero-order valence-corrected chi connectivity index (χ0v) is 12.8. The topological polar surface area (TPSA) is 59.4 Å². The summed E-state index contributed by atoms with van der Waals surface area (Å²) in [5.41, 5.74) is 1.13. The number of carbonyl (C=O) groups excluding carboxylic acids is 1. The molecule has 2 aliphatic rings. The summed E-state index contributed by atoms with van der Waals surface area (Å²) in [7, 11) is 1.96. The summed E-state index contributed by atoms with van der Waals surface area (Å²) in [4.78, 5) is 14.3. The SMILES string of the molecule is CCC1C(=O)NCCN1C[C@@H]1CCO[C@H]1c1ccnn1C. The number of aromatic nitrogens is 2.